The molecule has 0 radical (unpaired) electrons. The molecule has 0 spiro atoms. The van der Waals surface area contributed by atoms with Crippen LogP contribution in [0.3, 0.4) is 0 Å². The second-order valence-electron chi connectivity index (χ2n) is 0.835. The van der Waals surface area contributed by atoms with E-state index in [-0.39, 0.29) is 23.2 Å². The first-order chi connectivity index (χ1) is 2.00. The van der Waals surface area contributed by atoms with Crippen molar-refractivity contribution in [1.82, 2.24) is 6.15 Å². The molecule has 0 bridgehead atoms. The number of hydrogen-bond donors (Lipinski definition) is 3. The molecule has 0 saturated heterocycles. The van der Waals surface area contributed by atoms with Gasteiger partial charge in [0.15, 0.2) is 0 Å². The smallest absolute Gasteiger partial charge is 0 e. The Kier molecular flexibility index (Phi) is 11.0. The number of rotatable bonds is 0. The van der Waals surface area contributed by atoms with Crippen LogP contribution >= 0.6 is 0 Å². The summed E-state index contributed by atoms with van der Waals surface area (Å²) in [7, 11) is 0. The van der Waals surface area contributed by atoms with Crippen molar-refractivity contribution in [2.75, 3.05) is 0 Å². The van der Waals surface area contributed by atoms with Crippen LogP contribution in [0.5, 0.6) is 0 Å². The molecule has 7 heavy (non-hydrogen) atoms. The van der Waals surface area contributed by atoms with Gasteiger partial charge in [-0.2, -0.15) is 0 Å². The van der Waals surface area contributed by atoms with E-state index in [4.69, 9.17) is 8.19 Å². The summed E-state index contributed by atoms with van der Waals surface area (Å²) in [5.41, 5.74) is 0.915. The van der Waals surface area contributed by atoms with Crippen LogP contribution in [0.4, 0.5) is 0 Å². The standard InChI is InChI=1S/CH5AsO3.Fe.H3N/c1-2(3,4)5;;/h1H3,(H2,3,4,5);;1H3. The third-order valence-corrected chi connectivity index (χ3v) is 0. The van der Waals surface area contributed by atoms with Crippen LogP contribution in [0.25, 0.3) is 0 Å². The van der Waals surface area contributed by atoms with E-state index >= 15 is 0 Å². The maximum Gasteiger partial charge on any atom is 0 e. The molecule has 0 rings (SSSR count). The zero-order valence-electron chi connectivity index (χ0n) is 3.81. The van der Waals surface area contributed by atoms with Gasteiger partial charge in [-0.25, -0.2) is 0 Å². The molecular weight excluding hydrogens is 205 g/mol. The Morgan fingerprint density at radius 2 is 1.43 bits per heavy atom. The summed E-state index contributed by atoms with van der Waals surface area (Å²) in [5.74, 6) is 0. The molecule has 0 atom stereocenters. The summed E-state index contributed by atoms with van der Waals surface area (Å²) in [4.78, 5) is 0. The van der Waals surface area contributed by atoms with Crippen LogP contribution in [0.2, 0.25) is 5.71 Å². The average molecular weight is 213 g/mol. The molecule has 0 aliphatic rings. The van der Waals surface area contributed by atoms with E-state index in [1.807, 2.05) is 0 Å². The van der Waals surface area contributed by atoms with Crippen molar-refractivity contribution >= 4 is 14.2 Å². The van der Waals surface area contributed by atoms with Gasteiger partial charge in [0.05, 0.1) is 0 Å². The van der Waals surface area contributed by atoms with E-state index in [2.05, 4.69) is 0 Å². The summed E-state index contributed by atoms with van der Waals surface area (Å²) in [5, 5.41) is 0. The third-order valence-electron chi connectivity index (χ3n) is 0. The maximum absolute atomic E-state index is 9.39. The SMILES string of the molecule is C[As](=O)(O)O.N.[Fe]. The van der Waals surface area contributed by atoms with Crippen LogP contribution in [0, 0.1) is 0 Å². The Bertz CT molecular complexity index is 61.1. The minimum Gasteiger partial charge on any atom is -0.344 e. The van der Waals surface area contributed by atoms with E-state index in [0.29, 0.717) is 0 Å². The second-order valence-corrected chi connectivity index (χ2v) is 4.34. The van der Waals surface area contributed by atoms with E-state index < -0.39 is 14.2 Å². The average Bonchev–Trinajstić information content (AvgIpc) is 0.722. The second kappa shape index (κ2) is 4.91. The zero-order valence-corrected chi connectivity index (χ0v) is 6.79. The van der Waals surface area contributed by atoms with Gasteiger partial charge < -0.3 is 6.15 Å². The molecule has 0 aromatic rings. The van der Waals surface area contributed by atoms with Gasteiger partial charge in [-0.1, -0.05) is 0 Å². The van der Waals surface area contributed by atoms with Gasteiger partial charge in [0, 0.05) is 17.1 Å². The van der Waals surface area contributed by atoms with Gasteiger partial charge in [0.25, 0.3) is 0 Å². The van der Waals surface area contributed by atoms with E-state index in [9.17, 15) is 3.74 Å². The molecule has 0 fully saturated rings. The molecule has 5 N–H and O–H groups in total. The van der Waals surface area contributed by atoms with E-state index in [1.165, 1.54) is 0 Å². The van der Waals surface area contributed by atoms with Crippen molar-refractivity contribution in [2.45, 2.75) is 5.71 Å². The minimum absolute atomic E-state index is 0. The monoisotopic (exact) mass is 213 g/mol. The van der Waals surface area contributed by atoms with E-state index in [0.717, 1.165) is 5.71 Å². The summed E-state index contributed by atoms with van der Waals surface area (Å²) in [6.07, 6.45) is 0. The van der Waals surface area contributed by atoms with Gasteiger partial charge in [0.2, 0.25) is 0 Å². The quantitative estimate of drug-likeness (QED) is 0.456. The fraction of sp³-hybridized carbons (Fsp3) is 1.00. The van der Waals surface area contributed by atoms with Crippen molar-refractivity contribution in [3.63, 3.8) is 0 Å². The largest absolute Gasteiger partial charge is 0.344 e. The third kappa shape index (κ3) is 266. The first-order valence-corrected chi connectivity index (χ1v) is 5.35. The molecule has 0 heterocycles. The predicted molar refractivity (Wildman–Crippen MR) is 21.8 cm³/mol. The Balaban J connectivity index is -0.0000000800. The molecule has 48 valence electrons. The van der Waals surface area contributed by atoms with Crippen LogP contribution in [-0.2, 0) is 20.8 Å². The van der Waals surface area contributed by atoms with Gasteiger partial charge in [-0.3, -0.25) is 0 Å². The molecule has 6 heteroatoms. The molecule has 0 amide bonds. The minimum atomic E-state index is -4.12. The van der Waals surface area contributed by atoms with Crippen molar-refractivity contribution in [3.8, 4) is 0 Å². The first kappa shape index (κ1) is 15.7. The number of hydrogen-bond acceptors (Lipinski definition) is 2. The van der Waals surface area contributed by atoms with Crippen molar-refractivity contribution < 1.29 is 29.0 Å². The fourth-order valence-corrected chi connectivity index (χ4v) is 0. The molecule has 4 nitrogen and oxygen atoms in total. The summed E-state index contributed by atoms with van der Waals surface area (Å²) in [6, 6.07) is 0. The molecule has 0 aliphatic carbocycles. The summed E-state index contributed by atoms with van der Waals surface area (Å²) >= 11 is -4.12. The van der Waals surface area contributed by atoms with Crippen LogP contribution in [0.15, 0.2) is 0 Å². The molecule has 0 aliphatic heterocycles. The maximum atomic E-state index is 9.39. The van der Waals surface area contributed by atoms with Crippen molar-refractivity contribution in [3.05, 3.63) is 0 Å². The van der Waals surface area contributed by atoms with Crippen molar-refractivity contribution in [1.29, 1.82) is 0 Å². The molecule has 0 aromatic carbocycles. The van der Waals surface area contributed by atoms with Gasteiger partial charge in [-0.15, -0.1) is 0 Å². The van der Waals surface area contributed by atoms with Crippen molar-refractivity contribution in [2.24, 2.45) is 0 Å². The Labute approximate surface area is 55.4 Å². The molecule has 0 saturated carbocycles. The Hall–Kier alpha value is 0.758. The first-order valence-electron chi connectivity index (χ1n) is 1.03. The molecular formula is CH8AsFeNO3. The summed E-state index contributed by atoms with van der Waals surface area (Å²) < 4.78 is 24.8. The van der Waals surface area contributed by atoms with Crippen LogP contribution in [0.1, 0.15) is 0 Å². The Morgan fingerprint density at radius 3 is 1.43 bits per heavy atom. The Morgan fingerprint density at radius 1 is 1.43 bits per heavy atom. The van der Waals surface area contributed by atoms with Crippen LogP contribution in [-0.4, -0.2) is 22.4 Å². The fourth-order valence-electron chi connectivity index (χ4n) is 0. The van der Waals surface area contributed by atoms with Gasteiger partial charge in [0.1, 0.15) is 0 Å². The van der Waals surface area contributed by atoms with E-state index in [1.54, 1.807) is 0 Å². The molecule has 0 unspecified atom stereocenters. The summed E-state index contributed by atoms with van der Waals surface area (Å²) in [6.45, 7) is 0. The van der Waals surface area contributed by atoms with Gasteiger partial charge >= 0.3 is 31.8 Å². The zero-order chi connectivity index (χ0) is 4.50. The topological polar surface area (TPSA) is 92.5 Å². The predicted octanol–water partition coefficient (Wildman–Crippen LogP) is -0.870. The normalized spacial score (nSPS) is 8.43. The van der Waals surface area contributed by atoms with Gasteiger partial charge in [-0.05, 0) is 0 Å². The van der Waals surface area contributed by atoms with Crippen LogP contribution < -0.4 is 6.15 Å². The molecule has 0 aromatic heterocycles.